The van der Waals surface area contributed by atoms with Crippen molar-refractivity contribution in [1.82, 2.24) is 0 Å². The molecule has 7 atom stereocenters. The van der Waals surface area contributed by atoms with Crippen molar-refractivity contribution in [3.05, 3.63) is 35.8 Å². The molecule has 0 bridgehead atoms. The van der Waals surface area contributed by atoms with E-state index in [2.05, 4.69) is 0 Å². The van der Waals surface area contributed by atoms with Crippen LogP contribution in [0.1, 0.15) is 58.1 Å². The van der Waals surface area contributed by atoms with Crippen LogP contribution in [0.15, 0.2) is 34.7 Å². The minimum absolute atomic E-state index is 0.00742. The van der Waals surface area contributed by atoms with E-state index in [0.29, 0.717) is 18.4 Å². The van der Waals surface area contributed by atoms with Crippen molar-refractivity contribution in [3.8, 4) is 0 Å². The lowest BCUT2D eigenvalue weighted by Gasteiger charge is -2.61. The molecule has 4 fully saturated rings. The van der Waals surface area contributed by atoms with Crippen LogP contribution in [0, 0.1) is 28.6 Å². The molecule has 0 amide bonds. The van der Waals surface area contributed by atoms with Gasteiger partial charge in [-0.1, -0.05) is 13.0 Å². The van der Waals surface area contributed by atoms with Crippen LogP contribution in [-0.4, -0.2) is 36.4 Å². The molecule has 4 aliphatic rings. The fourth-order valence-corrected chi connectivity index (χ4v) is 6.84. The molecule has 0 radical (unpaired) electrons. The summed E-state index contributed by atoms with van der Waals surface area (Å²) in [5, 5.41) is 0. The molecule has 0 N–H and O–H groups in total. The second-order valence-electron chi connectivity index (χ2n) is 10.1. The standard InChI is InChI=1S/C25H28O8/c1-4-13(2)21(27)33-19-9-16-23(29)32-18(14-7-8-30-11-14)10-24(16,3)20-17(26)6-5-15-22(28)31-12-25(15,19)20/h4,7-8,11,15-16,18-20H,5-6,9-10,12H2,1-3H3/b13-4-/t15-,16+,18-,19-,20+,24-,25+/m0/s1. The van der Waals surface area contributed by atoms with E-state index in [0.717, 1.165) is 5.56 Å². The Bertz CT molecular complexity index is 1040. The first-order valence-corrected chi connectivity index (χ1v) is 11.5. The average molecular weight is 456 g/mol. The molecule has 2 saturated carbocycles. The summed E-state index contributed by atoms with van der Waals surface area (Å²) in [6.07, 6.45) is 4.54. The lowest BCUT2D eigenvalue weighted by Crippen LogP contribution is -2.67. The summed E-state index contributed by atoms with van der Waals surface area (Å²) in [4.78, 5) is 52.4. The van der Waals surface area contributed by atoms with Crippen LogP contribution in [0.3, 0.4) is 0 Å². The Morgan fingerprint density at radius 1 is 1.21 bits per heavy atom. The van der Waals surface area contributed by atoms with Crippen molar-refractivity contribution in [3.63, 3.8) is 0 Å². The number of esters is 3. The highest BCUT2D eigenvalue weighted by atomic mass is 16.6. The first-order valence-electron chi connectivity index (χ1n) is 11.5. The minimum atomic E-state index is -0.986. The lowest BCUT2D eigenvalue weighted by molar-refractivity contribution is -0.225. The third-order valence-electron chi connectivity index (χ3n) is 8.53. The normalized spacial score (nSPS) is 40.3. The molecular formula is C25H28O8. The lowest BCUT2D eigenvalue weighted by atomic mass is 9.42. The van der Waals surface area contributed by atoms with E-state index >= 15 is 0 Å². The number of ketones is 1. The molecule has 1 aromatic rings. The maximum atomic E-state index is 13.6. The number of hydrogen-bond acceptors (Lipinski definition) is 8. The number of furan rings is 1. The van der Waals surface area contributed by atoms with Crippen molar-refractivity contribution >= 4 is 23.7 Å². The number of rotatable bonds is 3. The summed E-state index contributed by atoms with van der Waals surface area (Å²) in [7, 11) is 0. The van der Waals surface area contributed by atoms with Gasteiger partial charge in [0.15, 0.2) is 0 Å². The van der Waals surface area contributed by atoms with Crippen LogP contribution in [-0.2, 0) is 33.4 Å². The van der Waals surface area contributed by atoms with E-state index in [1.807, 2.05) is 6.92 Å². The van der Waals surface area contributed by atoms with Crippen molar-refractivity contribution < 1.29 is 37.8 Å². The van der Waals surface area contributed by atoms with Gasteiger partial charge in [-0.05, 0) is 44.6 Å². The van der Waals surface area contributed by atoms with E-state index in [1.165, 1.54) is 6.26 Å². The van der Waals surface area contributed by atoms with Crippen molar-refractivity contribution in [1.29, 1.82) is 0 Å². The smallest absolute Gasteiger partial charge is 0.333 e. The van der Waals surface area contributed by atoms with Gasteiger partial charge in [-0.25, -0.2) is 4.79 Å². The second kappa shape index (κ2) is 7.57. The summed E-state index contributed by atoms with van der Waals surface area (Å²) in [5.41, 5.74) is -0.612. The third kappa shape index (κ3) is 3.02. The minimum Gasteiger partial charge on any atom is -0.472 e. The van der Waals surface area contributed by atoms with Gasteiger partial charge < -0.3 is 18.6 Å². The Hall–Kier alpha value is -2.90. The van der Waals surface area contributed by atoms with Gasteiger partial charge in [-0.15, -0.1) is 0 Å². The molecule has 1 aromatic heterocycles. The largest absolute Gasteiger partial charge is 0.472 e. The molecule has 33 heavy (non-hydrogen) atoms. The number of carbonyl (C=O) groups is 4. The number of hydrogen-bond donors (Lipinski definition) is 0. The molecule has 5 rings (SSSR count). The maximum absolute atomic E-state index is 13.6. The maximum Gasteiger partial charge on any atom is 0.333 e. The number of ether oxygens (including phenoxy) is 3. The molecule has 1 spiro atoms. The first kappa shape index (κ1) is 21.9. The van der Waals surface area contributed by atoms with Crippen LogP contribution >= 0.6 is 0 Å². The molecule has 0 aromatic carbocycles. The van der Waals surface area contributed by atoms with E-state index in [1.54, 1.807) is 32.3 Å². The molecule has 2 saturated heterocycles. The third-order valence-corrected chi connectivity index (χ3v) is 8.53. The molecule has 8 nitrogen and oxygen atoms in total. The van der Waals surface area contributed by atoms with Gasteiger partial charge in [0, 0.05) is 23.5 Å². The highest BCUT2D eigenvalue weighted by Crippen LogP contribution is 2.67. The molecule has 8 heteroatoms. The Kier molecular flexibility index (Phi) is 5.03. The molecule has 176 valence electrons. The zero-order valence-corrected chi connectivity index (χ0v) is 19.0. The summed E-state index contributed by atoms with van der Waals surface area (Å²) in [5.74, 6) is -3.17. The fourth-order valence-electron chi connectivity index (χ4n) is 6.84. The zero-order chi connectivity index (χ0) is 23.5. The highest BCUT2D eigenvalue weighted by Gasteiger charge is 2.74. The molecular weight excluding hydrogens is 428 g/mol. The van der Waals surface area contributed by atoms with Crippen molar-refractivity contribution in [2.75, 3.05) is 6.61 Å². The Balaban J connectivity index is 1.61. The van der Waals surface area contributed by atoms with Gasteiger partial charge in [0.1, 0.15) is 24.6 Å². The number of allylic oxidation sites excluding steroid dienone is 1. The van der Waals surface area contributed by atoms with E-state index in [9.17, 15) is 19.2 Å². The summed E-state index contributed by atoms with van der Waals surface area (Å²) in [6.45, 7) is 5.33. The van der Waals surface area contributed by atoms with Gasteiger partial charge >= 0.3 is 17.9 Å². The van der Waals surface area contributed by atoms with E-state index in [-0.39, 0.29) is 31.2 Å². The van der Waals surface area contributed by atoms with Crippen LogP contribution in [0.4, 0.5) is 0 Å². The van der Waals surface area contributed by atoms with Gasteiger partial charge in [-0.3, -0.25) is 14.4 Å². The number of fused-ring (bicyclic) bond motifs is 2. The predicted octanol–water partition coefficient (Wildman–Crippen LogP) is 3.31. The summed E-state index contributed by atoms with van der Waals surface area (Å²) < 4.78 is 22.4. The zero-order valence-electron chi connectivity index (χ0n) is 19.0. The number of carbonyl (C=O) groups excluding carboxylic acids is 4. The first-order chi connectivity index (χ1) is 15.7. The van der Waals surface area contributed by atoms with Crippen molar-refractivity contribution in [2.24, 2.45) is 28.6 Å². The number of cyclic esters (lactones) is 2. The Labute approximate surface area is 191 Å². The predicted molar refractivity (Wildman–Crippen MR) is 112 cm³/mol. The molecule has 2 aliphatic carbocycles. The summed E-state index contributed by atoms with van der Waals surface area (Å²) in [6, 6.07) is 1.75. The highest BCUT2D eigenvalue weighted by molar-refractivity contribution is 5.91. The average Bonchev–Trinajstić information content (AvgIpc) is 3.43. The van der Waals surface area contributed by atoms with Crippen LogP contribution in [0.5, 0.6) is 0 Å². The van der Waals surface area contributed by atoms with Crippen LogP contribution in [0.25, 0.3) is 0 Å². The molecule has 3 heterocycles. The van der Waals surface area contributed by atoms with Gasteiger partial charge in [-0.2, -0.15) is 0 Å². The van der Waals surface area contributed by atoms with Gasteiger partial charge in [0.2, 0.25) is 0 Å². The fraction of sp³-hybridized carbons (Fsp3) is 0.600. The van der Waals surface area contributed by atoms with E-state index in [4.69, 9.17) is 18.6 Å². The number of Topliss-reactive ketones (excluding diaryl/α,β-unsaturated/α-hetero) is 1. The summed E-state index contributed by atoms with van der Waals surface area (Å²) >= 11 is 0. The molecule has 2 aliphatic heterocycles. The molecule has 0 unspecified atom stereocenters. The van der Waals surface area contributed by atoms with Crippen LogP contribution in [0.2, 0.25) is 0 Å². The SMILES string of the molecule is C/C=C(/C)C(=O)O[C@H]1C[C@@H]2C(=O)O[C@H](c3ccoc3)C[C@]2(C)[C@H]2C(=O)CC[C@H]3C(=O)OC[C@@]123. The quantitative estimate of drug-likeness (QED) is 0.387. The topological polar surface area (TPSA) is 109 Å². The monoisotopic (exact) mass is 456 g/mol. The Morgan fingerprint density at radius 3 is 2.70 bits per heavy atom. The Morgan fingerprint density at radius 2 is 2.00 bits per heavy atom. The van der Waals surface area contributed by atoms with Gasteiger partial charge in [0.25, 0.3) is 0 Å². The van der Waals surface area contributed by atoms with E-state index < -0.39 is 52.7 Å². The van der Waals surface area contributed by atoms with Crippen LogP contribution < -0.4 is 0 Å². The second-order valence-corrected chi connectivity index (χ2v) is 10.1. The van der Waals surface area contributed by atoms with Gasteiger partial charge in [0.05, 0.1) is 29.8 Å². The van der Waals surface area contributed by atoms with Crippen molar-refractivity contribution in [2.45, 2.75) is 58.7 Å².